The summed E-state index contributed by atoms with van der Waals surface area (Å²) in [7, 11) is -3.90. The lowest BCUT2D eigenvalue weighted by atomic mass is 10.2. The van der Waals surface area contributed by atoms with Gasteiger partial charge in [0.05, 0.1) is 4.90 Å². The Bertz CT molecular complexity index is 1500. The van der Waals surface area contributed by atoms with Crippen LogP contribution in [-0.2, 0) is 16.6 Å². The van der Waals surface area contributed by atoms with E-state index in [1.807, 2.05) is 53.2 Å². The number of carbonyl (C=O) groups excluding carboxylic acids is 1. The molecule has 0 saturated heterocycles. The summed E-state index contributed by atoms with van der Waals surface area (Å²) in [4.78, 5) is 16.9. The third-order valence-electron chi connectivity index (χ3n) is 5.15. The molecular weight excluding hydrogens is 453 g/mol. The Balaban J connectivity index is 1.53. The molecule has 0 aliphatic heterocycles. The second-order valence-electron chi connectivity index (χ2n) is 7.68. The predicted octanol–water partition coefficient (Wildman–Crippen LogP) is 4.53. The van der Waals surface area contributed by atoms with E-state index >= 15 is 0 Å². The lowest BCUT2D eigenvalue weighted by molar-refractivity contribution is 0.0997. The van der Waals surface area contributed by atoms with Crippen molar-refractivity contribution in [3.05, 3.63) is 125 Å². The number of hydrogen-bond acceptors (Lipinski definition) is 3. The zero-order valence-electron chi connectivity index (χ0n) is 18.4. The first-order valence-electron chi connectivity index (χ1n) is 10.5. The summed E-state index contributed by atoms with van der Waals surface area (Å²) in [6, 6.07) is 24.8. The summed E-state index contributed by atoms with van der Waals surface area (Å²) in [5.41, 5.74) is 2.41. The molecule has 0 aliphatic rings. The van der Waals surface area contributed by atoms with Gasteiger partial charge in [-0.15, -0.1) is 0 Å². The van der Waals surface area contributed by atoms with Crippen molar-refractivity contribution >= 4 is 21.6 Å². The lowest BCUT2D eigenvalue weighted by Gasteiger charge is -2.09. The Morgan fingerprint density at radius 2 is 1.65 bits per heavy atom. The average molecular weight is 476 g/mol. The summed E-state index contributed by atoms with van der Waals surface area (Å²) in [6.45, 7) is 2.06. The smallest absolute Gasteiger partial charge is 0.278 e. The van der Waals surface area contributed by atoms with Gasteiger partial charge < -0.3 is 4.57 Å². The van der Waals surface area contributed by atoms with Gasteiger partial charge in [0.1, 0.15) is 11.3 Å². The molecule has 0 spiro atoms. The van der Waals surface area contributed by atoms with Crippen molar-refractivity contribution in [2.24, 2.45) is 4.99 Å². The first-order chi connectivity index (χ1) is 16.3. The topological polar surface area (TPSA) is 80.5 Å². The number of halogens is 1. The van der Waals surface area contributed by atoms with Crippen molar-refractivity contribution in [1.29, 1.82) is 0 Å². The van der Waals surface area contributed by atoms with Gasteiger partial charge >= 0.3 is 0 Å². The van der Waals surface area contributed by atoms with Crippen LogP contribution in [0.25, 0.3) is 0 Å². The molecule has 8 heteroatoms. The van der Waals surface area contributed by atoms with Crippen molar-refractivity contribution < 1.29 is 17.6 Å². The molecule has 1 amide bonds. The van der Waals surface area contributed by atoms with Crippen LogP contribution in [0.2, 0.25) is 0 Å². The Hall–Kier alpha value is -4.04. The number of amides is 1. The maximum absolute atomic E-state index is 13.5. The highest BCUT2D eigenvalue weighted by Crippen LogP contribution is 2.19. The zero-order chi connectivity index (χ0) is 24.1. The number of sulfonamides is 1. The number of hydrogen-bond donors (Lipinski definition) is 1. The molecule has 1 heterocycles. The number of aryl methyl sites for hydroxylation is 1. The molecule has 0 saturated carbocycles. The van der Waals surface area contributed by atoms with Gasteiger partial charge in [-0.2, -0.15) is 4.99 Å². The molecule has 0 atom stereocenters. The third kappa shape index (κ3) is 5.47. The van der Waals surface area contributed by atoms with Crippen LogP contribution in [0.4, 0.5) is 10.1 Å². The second kappa shape index (κ2) is 9.84. The van der Waals surface area contributed by atoms with Crippen molar-refractivity contribution in [1.82, 2.24) is 4.57 Å². The van der Waals surface area contributed by atoms with E-state index in [0.29, 0.717) is 17.6 Å². The highest BCUT2D eigenvalue weighted by molar-refractivity contribution is 7.92. The van der Waals surface area contributed by atoms with Gasteiger partial charge in [-0.05, 0) is 72.6 Å². The van der Waals surface area contributed by atoms with E-state index in [1.165, 1.54) is 43.3 Å². The van der Waals surface area contributed by atoms with Crippen molar-refractivity contribution in [2.45, 2.75) is 18.4 Å². The van der Waals surface area contributed by atoms with Crippen LogP contribution < -0.4 is 10.2 Å². The van der Waals surface area contributed by atoms with Gasteiger partial charge in [-0.3, -0.25) is 9.52 Å². The number of pyridine rings is 1. The molecule has 0 fully saturated rings. The highest BCUT2D eigenvalue weighted by Gasteiger charge is 2.16. The van der Waals surface area contributed by atoms with E-state index in [4.69, 9.17) is 0 Å². The van der Waals surface area contributed by atoms with Gasteiger partial charge in [0.15, 0.2) is 0 Å². The molecule has 4 rings (SSSR count). The number of carbonyl (C=O) groups is 1. The molecule has 0 bridgehead atoms. The van der Waals surface area contributed by atoms with Crippen LogP contribution in [0.1, 0.15) is 21.5 Å². The van der Waals surface area contributed by atoms with Crippen LogP contribution in [-0.4, -0.2) is 18.9 Å². The second-order valence-corrected chi connectivity index (χ2v) is 9.37. The number of rotatable bonds is 6. The van der Waals surface area contributed by atoms with Gasteiger partial charge in [-0.1, -0.05) is 36.4 Å². The Kier molecular flexibility index (Phi) is 6.70. The van der Waals surface area contributed by atoms with Gasteiger partial charge in [0, 0.05) is 24.0 Å². The summed E-state index contributed by atoms with van der Waals surface area (Å²) in [5, 5.41) is 0. The highest BCUT2D eigenvalue weighted by atomic mass is 32.2. The largest absolute Gasteiger partial charge is 0.328 e. The number of nitrogens with zero attached hydrogens (tertiary/aromatic N) is 2. The molecular formula is C26H22FN3O3S. The van der Waals surface area contributed by atoms with E-state index in [2.05, 4.69) is 9.71 Å². The Morgan fingerprint density at radius 1 is 0.941 bits per heavy atom. The third-order valence-corrected chi connectivity index (χ3v) is 6.53. The molecule has 3 aromatic carbocycles. The number of anilines is 1. The van der Waals surface area contributed by atoms with Crippen LogP contribution >= 0.6 is 0 Å². The minimum Gasteiger partial charge on any atom is -0.328 e. The van der Waals surface area contributed by atoms with Crippen LogP contribution in [0.3, 0.4) is 0 Å². The molecule has 172 valence electrons. The molecule has 0 unspecified atom stereocenters. The molecule has 4 aromatic rings. The quantitative estimate of drug-likeness (QED) is 0.445. The van der Waals surface area contributed by atoms with Crippen molar-refractivity contribution in [2.75, 3.05) is 4.72 Å². The first-order valence-corrected chi connectivity index (χ1v) is 12.0. The van der Waals surface area contributed by atoms with Crippen molar-refractivity contribution in [3.8, 4) is 0 Å². The minimum atomic E-state index is -3.90. The van der Waals surface area contributed by atoms with E-state index in [9.17, 15) is 17.6 Å². The van der Waals surface area contributed by atoms with E-state index in [0.717, 1.165) is 11.6 Å². The van der Waals surface area contributed by atoms with E-state index in [1.54, 1.807) is 6.07 Å². The lowest BCUT2D eigenvalue weighted by Crippen LogP contribution is -2.22. The fourth-order valence-corrected chi connectivity index (χ4v) is 4.47. The van der Waals surface area contributed by atoms with Crippen molar-refractivity contribution in [3.63, 3.8) is 0 Å². The van der Waals surface area contributed by atoms with Gasteiger partial charge in [-0.25, -0.2) is 12.8 Å². The summed E-state index contributed by atoms with van der Waals surface area (Å²) in [5.74, 6) is -0.925. The minimum absolute atomic E-state index is 0.0476. The monoisotopic (exact) mass is 475 g/mol. The zero-order valence-corrected chi connectivity index (χ0v) is 19.2. The molecule has 1 aromatic heterocycles. The molecule has 0 aliphatic carbocycles. The Morgan fingerprint density at radius 3 is 2.35 bits per heavy atom. The maximum atomic E-state index is 13.5. The van der Waals surface area contributed by atoms with Crippen LogP contribution in [0, 0.1) is 12.7 Å². The number of aromatic nitrogens is 1. The maximum Gasteiger partial charge on any atom is 0.278 e. The predicted molar refractivity (Wildman–Crippen MR) is 128 cm³/mol. The van der Waals surface area contributed by atoms with E-state index in [-0.39, 0.29) is 16.1 Å². The molecule has 6 nitrogen and oxygen atoms in total. The number of nitrogens with one attached hydrogen (secondary N) is 1. The molecule has 34 heavy (non-hydrogen) atoms. The van der Waals surface area contributed by atoms with Crippen LogP contribution in [0.15, 0.2) is 107 Å². The van der Waals surface area contributed by atoms with Gasteiger partial charge in [0.2, 0.25) is 0 Å². The summed E-state index contributed by atoms with van der Waals surface area (Å²) >= 11 is 0. The first kappa shape index (κ1) is 23.1. The standard InChI is InChI=1S/C26H22FN3O3S/c1-19-17-23(14-15-24(19)27)34(32,33)29-22-12-10-21(11-13-22)26(31)28-25-9-5-6-16-30(25)18-20-7-3-2-4-8-20/h2-17,29H,18H2,1H3. The SMILES string of the molecule is Cc1cc(S(=O)(=O)Nc2ccc(C(=O)N=c3ccccn3Cc3ccccc3)cc2)ccc1F. The van der Waals surface area contributed by atoms with Crippen LogP contribution in [0.5, 0.6) is 0 Å². The van der Waals surface area contributed by atoms with Gasteiger partial charge in [0.25, 0.3) is 15.9 Å². The normalized spacial score (nSPS) is 11.9. The molecule has 1 N–H and O–H groups in total. The average Bonchev–Trinajstić information content (AvgIpc) is 2.83. The fourth-order valence-electron chi connectivity index (χ4n) is 3.33. The Labute approximate surface area is 197 Å². The van der Waals surface area contributed by atoms with E-state index < -0.39 is 21.7 Å². The summed E-state index contributed by atoms with van der Waals surface area (Å²) in [6.07, 6.45) is 1.86. The number of benzene rings is 3. The molecule has 0 radical (unpaired) electrons. The fraction of sp³-hybridized carbons (Fsp3) is 0.0769. The summed E-state index contributed by atoms with van der Waals surface area (Å²) < 4.78 is 43.0.